The summed E-state index contributed by atoms with van der Waals surface area (Å²) in [4.78, 5) is 7.26. The van der Waals surface area contributed by atoms with Crippen LogP contribution < -0.4 is 4.90 Å². The van der Waals surface area contributed by atoms with Gasteiger partial charge >= 0.3 is 0 Å². The van der Waals surface area contributed by atoms with Gasteiger partial charge in [-0.2, -0.15) is 11.8 Å². The minimum atomic E-state index is -0.202. The number of hydrogen-bond donors (Lipinski definition) is 0. The van der Waals surface area contributed by atoms with Crippen molar-refractivity contribution >= 4 is 23.2 Å². The number of rotatable bonds is 1. The highest BCUT2D eigenvalue weighted by molar-refractivity contribution is 7.99. The Morgan fingerprint density at radius 2 is 2.00 bits per heavy atom. The maximum absolute atomic E-state index is 13.9. The van der Waals surface area contributed by atoms with E-state index in [9.17, 15) is 4.39 Å². The Labute approximate surface area is 134 Å². The normalized spacial score (nSPS) is 20.7. The van der Waals surface area contributed by atoms with E-state index >= 15 is 0 Å². The van der Waals surface area contributed by atoms with E-state index in [0.29, 0.717) is 6.04 Å². The topological polar surface area (TPSA) is 15.6 Å². The van der Waals surface area contributed by atoms with Crippen LogP contribution in [0.1, 0.15) is 11.1 Å². The molecule has 0 saturated carbocycles. The van der Waals surface area contributed by atoms with Gasteiger partial charge in [0.15, 0.2) is 0 Å². The Morgan fingerprint density at radius 3 is 2.86 bits per heavy atom. The second-order valence-electron chi connectivity index (χ2n) is 5.64. The molecule has 0 aliphatic carbocycles. The Hall–Kier alpha value is -1.81. The fourth-order valence-corrected chi connectivity index (χ4v) is 4.25. The molecule has 4 rings (SSSR count). The molecular weight excluding hydrogens is 295 g/mol. The molecule has 2 aromatic rings. The zero-order valence-electron chi connectivity index (χ0n) is 12.2. The number of thioether (sulfide) groups is 1. The highest BCUT2D eigenvalue weighted by Crippen LogP contribution is 2.32. The molecule has 112 valence electrons. The van der Waals surface area contributed by atoms with Gasteiger partial charge in [-0.15, -0.1) is 0 Å². The number of hydrogen-bond acceptors (Lipinski definition) is 3. The lowest BCUT2D eigenvalue weighted by atomic mass is 10.00. The Balaban J connectivity index is 1.88. The van der Waals surface area contributed by atoms with Gasteiger partial charge in [-0.05, 0) is 18.2 Å². The van der Waals surface area contributed by atoms with Gasteiger partial charge < -0.3 is 4.90 Å². The molecule has 0 radical (unpaired) electrons. The van der Waals surface area contributed by atoms with E-state index in [4.69, 9.17) is 4.99 Å². The predicted octanol–water partition coefficient (Wildman–Crippen LogP) is 3.60. The Morgan fingerprint density at radius 1 is 1.14 bits per heavy atom. The van der Waals surface area contributed by atoms with Crippen LogP contribution in [-0.2, 0) is 0 Å². The van der Waals surface area contributed by atoms with Gasteiger partial charge in [0, 0.05) is 34.9 Å². The van der Waals surface area contributed by atoms with Crippen LogP contribution >= 0.6 is 11.8 Å². The van der Waals surface area contributed by atoms with Crippen LogP contribution in [0.3, 0.4) is 0 Å². The first kappa shape index (κ1) is 13.8. The van der Waals surface area contributed by atoms with E-state index in [-0.39, 0.29) is 5.82 Å². The van der Waals surface area contributed by atoms with Crippen LogP contribution in [0.2, 0.25) is 0 Å². The van der Waals surface area contributed by atoms with Crippen LogP contribution in [0.4, 0.5) is 10.1 Å². The zero-order chi connectivity index (χ0) is 14.9. The van der Waals surface area contributed by atoms with Crippen molar-refractivity contribution in [3.8, 4) is 0 Å². The Kier molecular flexibility index (Phi) is 3.62. The van der Waals surface area contributed by atoms with Gasteiger partial charge in [-0.1, -0.05) is 30.3 Å². The number of fused-ring (bicyclic) bond motifs is 3. The summed E-state index contributed by atoms with van der Waals surface area (Å²) in [5.41, 5.74) is 4.00. The number of halogens is 1. The minimum absolute atomic E-state index is 0.202. The molecule has 1 fully saturated rings. The molecule has 22 heavy (non-hydrogen) atoms. The van der Waals surface area contributed by atoms with E-state index in [1.165, 1.54) is 0 Å². The number of anilines is 1. The molecule has 2 nitrogen and oxygen atoms in total. The van der Waals surface area contributed by atoms with E-state index in [2.05, 4.69) is 4.90 Å². The van der Waals surface area contributed by atoms with Crippen molar-refractivity contribution in [3.05, 3.63) is 65.5 Å². The molecule has 4 heteroatoms. The Bertz CT molecular complexity index is 714. The maximum atomic E-state index is 13.9. The third kappa shape index (κ3) is 2.41. The van der Waals surface area contributed by atoms with E-state index in [1.54, 1.807) is 12.1 Å². The third-order valence-corrected chi connectivity index (χ3v) is 5.35. The van der Waals surface area contributed by atoms with Crippen molar-refractivity contribution in [3.63, 3.8) is 0 Å². The number of benzene rings is 2. The lowest BCUT2D eigenvalue weighted by molar-refractivity contribution is 0.625. The van der Waals surface area contributed by atoms with Crippen molar-refractivity contribution < 1.29 is 4.39 Å². The van der Waals surface area contributed by atoms with Crippen molar-refractivity contribution in [1.82, 2.24) is 0 Å². The fourth-order valence-electron chi connectivity index (χ4n) is 3.20. The lowest BCUT2D eigenvalue weighted by Gasteiger charge is -2.36. The van der Waals surface area contributed by atoms with Crippen LogP contribution in [0.5, 0.6) is 0 Å². The van der Waals surface area contributed by atoms with Gasteiger partial charge in [0.2, 0.25) is 0 Å². The smallest absolute Gasteiger partial charge is 0.124 e. The number of nitrogens with zero attached hydrogens (tertiary/aromatic N) is 2. The van der Waals surface area contributed by atoms with Crippen LogP contribution in [-0.4, -0.2) is 36.3 Å². The van der Waals surface area contributed by atoms with Crippen molar-refractivity contribution in [1.29, 1.82) is 0 Å². The van der Waals surface area contributed by atoms with Crippen molar-refractivity contribution in [2.24, 2.45) is 4.99 Å². The first-order valence-electron chi connectivity index (χ1n) is 7.57. The monoisotopic (exact) mass is 312 g/mol. The quantitative estimate of drug-likeness (QED) is 0.799. The van der Waals surface area contributed by atoms with Gasteiger partial charge in [-0.25, -0.2) is 4.39 Å². The number of aliphatic imine (C=N–C) groups is 1. The minimum Gasteiger partial charge on any atom is -0.364 e. The van der Waals surface area contributed by atoms with E-state index in [1.807, 2.05) is 48.2 Å². The average Bonchev–Trinajstić information content (AvgIpc) is 2.72. The standard InChI is InChI=1S/C18H17FN2S/c19-14-6-7-17-16(10-14)18(13-4-2-1-3-5-13)20-11-15-12-22-9-8-21(15)17/h1-7,10,15H,8-9,11-12H2. The molecule has 2 aromatic carbocycles. The second kappa shape index (κ2) is 5.76. The van der Waals surface area contributed by atoms with Gasteiger partial charge in [-0.3, -0.25) is 4.99 Å². The summed E-state index contributed by atoms with van der Waals surface area (Å²) >= 11 is 1.98. The average molecular weight is 312 g/mol. The van der Waals surface area contributed by atoms with E-state index < -0.39 is 0 Å². The maximum Gasteiger partial charge on any atom is 0.124 e. The molecule has 0 aromatic heterocycles. The van der Waals surface area contributed by atoms with Gasteiger partial charge in [0.25, 0.3) is 0 Å². The highest BCUT2D eigenvalue weighted by Gasteiger charge is 2.29. The lowest BCUT2D eigenvalue weighted by Crippen LogP contribution is -2.44. The third-order valence-electron chi connectivity index (χ3n) is 4.26. The molecule has 1 saturated heterocycles. The van der Waals surface area contributed by atoms with Crippen molar-refractivity contribution in [2.75, 3.05) is 29.5 Å². The van der Waals surface area contributed by atoms with Gasteiger partial charge in [0.05, 0.1) is 18.3 Å². The molecule has 2 aliphatic rings. The summed E-state index contributed by atoms with van der Waals surface area (Å²) in [6.45, 7) is 1.78. The van der Waals surface area contributed by atoms with Crippen LogP contribution in [0, 0.1) is 5.82 Å². The second-order valence-corrected chi connectivity index (χ2v) is 6.79. The molecule has 0 N–H and O–H groups in total. The summed E-state index contributed by atoms with van der Waals surface area (Å²) in [5.74, 6) is 2.00. The summed E-state index contributed by atoms with van der Waals surface area (Å²) in [5, 5.41) is 0. The largest absolute Gasteiger partial charge is 0.364 e. The zero-order valence-corrected chi connectivity index (χ0v) is 13.0. The SMILES string of the molecule is Fc1ccc2c(c1)C(c1ccccc1)=NCC1CSCCN21. The summed E-state index contributed by atoms with van der Waals surface area (Å²) in [6, 6.07) is 15.6. The fraction of sp³-hybridized carbons (Fsp3) is 0.278. The predicted molar refractivity (Wildman–Crippen MR) is 91.8 cm³/mol. The summed E-state index contributed by atoms with van der Waals surface area (Å²) in [7, 11) is 0. The molecule has 0 spiro atoms. The van der Waals surface area contributed by atoms with Crippen LogP contribution in [0.25, 0.3) is 0 Å². The van der Waals surface area contributed by atoms with Gasteiger partial charge in [0.1, 0.15) is 5.82 Å². The molecule has 1 unspecified atom stereocenters. The molecule has 0 amide bonds. The first-order chi connectivity index (χ1) is 10.8. The summed E-state index contributed by atoms with van der Waals surface area (Å²) in [6.07, 6.45) is 0. The van der Waals surface area contributed by atoms with Crippen molar-refractivity contribution in [2.45, 2.75) is 6.04 Å². The van der Waals surface area contributed by atoms with E-state index in [0.717, 1.165) is 47.1 Å². The molecular formula is C18H17FN2S. The molecule has 2 heterocycles. The summed E-state index contributed by atoms with van der Waals surface area (Å²) < 4.78 is 13.9. The highest BCUT2D eigenvalue weighted by atomic mass is 32.2. The first-order valence-corrected chi connectivity index (χ1v) is 8.72. The molecule has 1 atom stereocenters. The van der Waals surface area contributed by atoms with Crippen LogP contribution in [0.15, 0.2) is 53.5 Å². The molecule has 2 aliphatic heterocycles. The molecule has 0 bridgehead atoms.